The Balaban J connectivity index is 1.51. The molecule has 3 aromatic rings. The Hall–Kier alpha value is -2.56. The van der Waals surface area contributed by atoms with E-state index in [1.54, 1.807) is 37.0 Å². The van der Waals surface area contributed by atoms with Crippen LogP contribution in [0.15, 0.2) is 36.7 Å². The topological polar surface area (TPSA) is 122 Å². The van der Waals surface area contributed by atoms with Crippen molar-refractivity contribution >= 4 is 26.9 Å². The van der Waals surface area contributed by atoms with Gasteiger partial charge in [-0.1, -0.05) is 12.1 Å². The number of nitrogens with one attached hydrogen (secondary N) is 2. The maximum atomic E-state index is 11.4. The predicted octanol–water partition coefficient (Wildman–Crippen LogP) is 2.32. The average molecular weight is 445 g/mol. The summed E-state index contributed by atoms with van der Waals surface area (Å²) in [6.07, 6.45) is 7.84. The van der Waals surface area contributed by atoms with Crippen LogP contribution in [0.5, 0.6) is 0 Å². The number of aliphatic hydroxyl groups is 1. The second-order valence-corrected chi connectivity index (χ2v) is 10.5. The first-order valence-electron chi connectivity index (χ1n) is 10.4. The summed E-state index contributed by atoms with van der Waals surface area (Å²) in [5.41, 5.74) is 0.691. The fourth-order valence-electron chi connectivity index (χ4n) is 4.14. The third-order valence-electron chi connectivity index (χ3n) is 5.57. The lowest BCUT2D eigenvalue weighted by molar-refractivity contribution is 0.0802. The van der Waals surface area contributed by atoms with Gasteiger partial charge in [0.15, 0.2) is 5.82 Å². The first-order chi connectivity index (χ1) is 14.6. The zero-order valence-corrected chi connectivity index (χ0v) is 18.7. The fraction of sp³-hybridized carbons (Fsp3) is 0.476. The molecule has 0 spiro atoms. The lowest BCUT2D eigenvalue weighted by Crippen LogP contribution is -2.39. The van der Waals surface area contributed by atoms with E-state index in [0.717, 1.165) is 42.1 Å². The molecule has 0 aliphatic heterocycles. The van der Waals surface area contributed by atoms with Crippen LogP contribution in [0.4, 0.5) is 5.95 Å². The third kappa shape index (κ3) is 5.03. The van der Waals surface area contributed by atoms with Gasteiger partial charge in [-0.25, -0.2) is 22.8 Å². The standard InChI is InChI=1S/C21H28N6O3S/c1-21(2,28)17-5-4-6-18-16(17)13-23-27(18)19-11-12-22-20(25-19)24-14-7-9-15(10-8-14)26-31(3,29)30/h4-6,11-15,26,28H,7-10H2,1-3H3,(H,22,24,25)/t14-,15-. The monoisotopic (exact) mass is 444 g/mol. The summed E-state index contributed by atoms with van der Waals surface area (Å²) in [7, 11) is -3.18. The van der Waals surface area contributed by atoms with Crippen molar-refractivity contribution in [3.05, 3.63) is 42.2 Å². The Morgan fingerprint density at radius 3 is 2.52 bits per heavy atom. The highest BCUT2D eigenvalue weighted by Gasteiger charge is 2.24. The number of benzene rings is 1. The number of nitrogens with zero attached hydrogens (tertiary/aromatic N) is 4. The molecule has 0 bridgehead atoms. The van der Waals surface area contributed by atoms with E-state index in [2.05, 4.69) is 25.1 Å². The molecule has 10 heteroatoms. The van der Waals surface area contributed by atoms with Crippen molar-refractivity contribution in [3.63, 3.8) is 0 Å². The maximum absolute atomic E-state index is 11.4. The van der Waals surface area contributed by atoms with Gasteiger partial charge in [0.2, 0.25) is 16.0 Å². The van der Waals surface area contributed by atoms with Gasteiger partial charge in [0.25, 0.3) is 0 Å². The van der Waals surface area contributed by atoms with E-state index in [0.29, 0.717) is 11.8 Å². The predicted molar refractivity (Wildman–Crippen MR) is 120 cm³/mol. The van der Waals surface area contributed by atoms with E-state index in [-0.39, 0.29) is 12.1 Å². The Bertz CT molecular complexity index is 1180. The SMILES string of the molecule is CC(C)(O)c1cccc2c1cnn2-c1ccnc(N[C@H]2CC[C@H](NS(C)(=O)=O)CC2)n1. The number of anilines is 1. The molecule has 31 heavy (non-hydrogen) atoms. The van der Waals surface area contributed by atoms with Gasteiger partial charge in [-0.05, 0) is 51.2 Å². The van der Waals surface area contributed by atoms with Crippen molar-refractivity contribution in [3.8, 4) is 5.82 Å². The molecule has 166 valence electrons. The van der Waals surface area contributed by atoms with Crippen LogP contribution in [0.25, 0.3) is 16.7 Å². The minimum atomic E-state index is -3.18. The number of hydrogen-bond donors (Lipinski definition) is 3. The minimum absolute atomic E-state index is 0.0132. The smallest absolute Gasteiger partial charge is 0.224 e. The first-order valence-corrected chi connectivity index (χ1v) is 12.3. The Morgan fingerprint density at radius 2 is 1.84 bits per heavy atom. The molecular formula is C21H28N6O3S. The number of hydrogen-bond acceptors (Lipinski definition) is 7. The molecule has 2 heterocycles. The maximum Gasteiger partial charge on any atom is 0.224 e. The van der Waals surface area contributed by atoms with Crippen LogP contribution in [0.3, 0.4) is 0 Å². The summed E-state index contributed by atoms with van der Waals surface area (Å²) in [5.74, 6) is 1.15. The summed E-state index contributed by atoms with van der Waals surface area (Å²) < 4.78 is 27.3. The van der Waals surface area contributed by atoms with E-state index in [1.165, 1.54) is 6.26 Å². The number of fused-ring (bicyclic) bond motifs is 1. The van der Waals surface area contributed by atoms with Crippen LogP contribution in [0, 0.1) is 0 Å². The Morgan fingerprint density at radius 1 is 1.13 bits per heavy atom. The van der Waals surface area contributed by atoms with Crippen molar-refractivity contribution in [1.29, 1.82) is 0 Å². The average Bonchev–Trinajstić information content (AvgIpc) is 3.12. The van der Waals surface area contributed by atoms with Gasteiger partial charge in [0.1, 0.15) is 0 Å². The molecule has 2 aromatic heterocycles. The molecule has 0 radical (unpaired) electrons. The van der Waals surface area contributed by atoms with Gasteiger partial charge >= 0.3 is 0 Å². The van der Waals surface area contributed by atoms with Crippen molar-refractivity contribution in [2.75, 3.05) is 11.6 Å². The Kier molecular flexibility index (Phi) is 5.71. The highest BCUT2D eigenvalue weighted by Crippen LogP contribution is 2.29. The molecule has 0 unspecified atom stereocenters. The van der Waals surface area contributed by atoms with Crippen molar-refractivity contribution in [2.24, 2.45) is 0 Å². The molecule has 1 fully saturated rings. The summed E-state index contributed by atoms with van der Waals surface area (Å²) in [6, 6.07) is 7.71. The lowest BCUT2D eigenvalue weighted by atomic mass is 9.92. The van der Waals surface area contributed by atoms with Crippen LogP contribution in [0.1, 0.15) is 45.1 Å². The molecule has 1 aromatic carbocycles. The highest BCUT2D eigenvalue weighted by molar-refractivity contribution is 7.88. The fourth-order valence-corrected chi connectivity index (χ4v) is 4.99. The highest BCUT2D eigenvalue weighted by atomic mass is 32.2. The summed E-state index contributed by atoms with van der Waals surface area (Å²) >= 11 is 0. The summed E-state index contributed by atoms with van der Waals surface area (Å²) in [4.78, 5) is 8.98. The van der Waals surface area contributed by atoms with Gasteiger partial charge in [-0.15, -0.1) is 0 Å². The van der Waals surface area contributed by atoms with Crippen molar-refractivity contribution < 1.29 is 13.5 Å². The molecule has 1 aliphatic rings. The summed E-state index contributed by atoms with van der Waals surface area (Å²) in [6.45, 7) is 3.51. The summed E-state index contributed by atoms with van der Waals surface area (Å²) in [5, 5.41) is 19.2. The van der Waals surface area contributed by atoms with Gasteiger partial charge in [-0.3, -0.25) is 0 Å². The molecule has 1 saturated carbocycles. The molecule has 3 N–H and O–H groups in total. The molecule has 0 amide bonds. The Labute approximate surface area is 182 Å². The molecule has 0 atom stereocenters. The van der Waals surface area contributed by atoms with E-state index in [4.69, 9.17) is 0 Å². The van der Waals surface area contributed by atoms with E-state index >= 15 is 0 Å². The third-order valence-corrected chi connectivity index (χ3v) is 6.33. The van der Waals surface area contributed by atoms with Gasteiger partial charge in [-0.2, -0.15) is 10.1 Å². The normalized spacial score (nSPS) is 20.1. The number of rotatable bonds is 6. The van der Waals surface area contributed by atoms with Crippen LogP contribution >= 0.6 is 0 Å². The van der Waals surface area contributed by atoms with Crippen molar-refractivity contribution in [1.82, 2.24) is 24.5 Å². The molecule has 1 aliphatic carbocycles. The lowest BCUT2D eigenvalue weighted by Gasteiger charge is -2.29. The quantitative estimate of drug-likeness (QED) is 0.533. The largest absolute Gasteiger partial charge is 0.386 e. The minimum Gasteiger partial charge on any atom is -0.386 e. The van der Waals surface area contributed by atoms with Crippen LogP contribution < -0.4 is 10.0 Å². The van der Waals surface area contributed by atoms with Crippen LogP contribution in [-0.2, 0) is 15.6 Å². The van der Waals surface area contributed by atoms with Crippen molar-refractivity contribution in [2.45, 2.75) is 57.2 Å². The second-order valence-electron chi connectivity index (χ2n) is 8.68. The van der Waals surface area contributed by atoms with Gasteiger partial charge < -0.3 is 10.4 Å². The van der Waals surface area contributed by atoms with Gasteiger partial charge in [0.05, 0.1) is 23.6 Å². The number of sulfonamides is 1. The molecule has 0 saturated heterocycles. The first kappa shape index (κ1) is 21.7. The zero-order chi connectivity index (χ0) is 22.2. The van der Waals surface area contributed by atoms with E-state index < -0.39 is 15.6 Å². The van der Waals surface area contributed by atoms with Crippen LogP contribution in [0.2, 0.25) is 0 Å². The zero-order valence-electron chi connectivity index (χ0n) is 17.9. The second kappa shape index (κ2) is 8.18. The van der Waals surface area contributed by atoms with E-state index in [1.807, 2.05) is 18.2 Å². The number of aromatic nitrogens is 4. The van der Waals surface area contributed by atoms with E-state index in [9.17, 15) is 13.5 Å². The molecule has 4 rings (SSSR count). The van der Waals surface area contributed by atoms with Gasteiger partial charge in [0, 0.05) is 29.7 Å². The van der Waals surface area contributed by atoms with Crippen LogP contribution in [-0.4, -0.2) is 51.6 Å². The molecule has 9 nitrogen and oxygen atoms in total. The molecular weight excluding hydrogens is 416 g/mol.